The van der Waals surface area contributed by atoms with E-state index in [4.69, 9.17) is 4.74 Å². The number of likely N-dealkylation sites (tertiary alicyclic amines) is 1. The molecule has 2 N–H and O–H groups in total. The summed E-state index contributed by atoms with van der Waals surface area (Å²) in [7, 11) is 1.50. The molecule has 1 aromatic rings. The highest BCUT2D eigenvalue weighted by atomic mass is 19.1. The maximum Gasteiger partial charge on any atom is 0.250 e. The number of methoxy groups -OCH3 is 1. The number of nitrogens with zero attached hydrogens (tertiary/aromatic N) is 1. The Morgan fingerprint density at radius 3 is 2.68 bits per heavy atom. The van der Waals surface area contributed by atoms with Gasteiger partial charge in [-0.3, -0.25) is 24.6 Å². The lowest BCUT2D eigenvalue weighted by Gasteiger charge is -2.29. The third-order valence-corrected chi connectivity index (χ3v) is 6.01. The first-order valence-electron chi connectivity index (χ1n) is 9.54. The summed E-state index contributed by atoms with van der Waals surface area (Å²) in [6.45, 7) is 4.41. The fourth-order valence-corrected chi connectivity index (χ4v) is 4.95. The quantitative estimate of drug-likeness (QED) is 0.740. The van der Waals surface area contributed by atoms with Crippen LogP contribution in [0.15, 0.2) is 18.2 Å². The number of anilines is 1. The topological polar surface area (TPSA) is 87.7 Å². The molecule has 0 aromatic heterocycles. The summed E-state index contributed by atoms with van der Waals surface area (Å²) in [5, 5.41) is 6.05. The molecule has 3 amide bonds. The van der Waals surface area contributed by atoms with Gasteiger partial charge >= 0.3 is 0 Å². The average Bonchev–Trinajstić information content (AvgIpc) is 3.19. The minimum absolute atomic E-state index is 0.142. The molecule has 150 valence electrons. The lowest BCUT2D eigenvalue weighted by atomic mass is 9.76. The fraction of sp³-hybridized carbons (Fsp3) is 0.550. The molecule has 2 fully saturated rings. The molecule has 28 heavy (non-hydrogen) atoms. The number of hydrogen-bond donors (Lipinski definition) is 2. The Morgan fingerprint density at radius 2 is 2.00 bits per heavy atom. The van der Waals surface area contributed by atoms with E-state index in [2.05, 4.69) is 10.6 Å². The second kappa shape index (κ2) is 6.63. The molecule has 1 spiro atoms. The molecule has 0 saturated carbocycles. The van der Waals surface area contributed by atoms with E-state index >= 15 is 0 Å². The lowest BCUT2D eigenvalue weighted by Crippen LogP contribution is -2.53. The SMILES string of the molecule is COCCN1C(=O)[C@H]2[C@@H](C1=O)[C@@]1(N[C@@H]2CC(C)C)C(=O)Nc2ccc(F)cc21. The number of nitrogens with one attached hydrogen (secondary N) is 2. The first kappa shape index (κ1) is 19.0. The van der Waals surface area contributed by atoms with Gasteiger partial charge in [0.05, 0.1) is 25.0 Å². The van der Waals surface area contributed by atoms with Gasteiger partial charge in [0, 0.05) is 24.4 Å². The van der Waals surface area contributed by atoms with Crippen molar-refractivity contribution in [1.82, 2.24) is 10.2 Å². The largest absolute Gasteiger partial charge is 0.383 e. The Bertz CT molecular complexity index is 858. The molecule has 0 unspecified atom stereocenters. The molecule has 2 saturated heterocycles. The number of carbonyl (C=O) groups is 3. The number of imide groups is 1. The Labute approximate surface area is 162 Å². The highest BCUT2D eigenvalue weighted by molar-refractivity contribution is 6.15. The van der Waals surface area contributed by atoms with Crippen LogP contribution in [-0.2, 0) is 24.7 Å². The van der Waals surface area contributed by atoms with Crippen molar-refractivity contribution < 1.29 is 23.5 Å². The van der Waals surface area contributed by atoms with E-state index in [1.807, 2.05) is 13.8 Å². The summed E-state index contributed by atoms with van der Waals surface area (Å²) in [6.07, 6.45) is 0.623. The molecule has 1 aromatic carbocycles. The van der Waals surface area contributed by atoms with Crippen molar-refractivity contribution in [2.75, 3.05) is 25.6 Å². The number of fused-ring (bicyclic) bond motifs is 4. The van der Waals surface area contributed by atoms with E-state index in [0.717, 1.165) is 0 Å². The van der Waals surface area contributed by atoms with E-state index < -0.39 is 35.0 Å². The molecule has 7 nitrogen and oxygen atoms in total. The number of hydrogen-bond acceptors (Lipinski definition) is 5. The van der Waals surface area contributed by atoms with Crippen molar-refractivity contribution in [3.05, 3.63) is 29.6 Å². The van der Waals surface area contributed by atoms with Crippen LogP contribution in [0.5, 0.6) is 0 Å². The average molecular weight is 389 g/mol. The van der Waals surface area contributed by atoms with Gasteiger partial charge in [-0.2, -0.15) is 0 Å². The van der Waals surface area contributed by atoms with Crippen LogP contribution in [0.4, 0.5) is 10.1 Å². The Morgan fingerprint density at radius 1 is 1.25 bits per heavy atom. The number of halogens is 1. The van der Waals surface area contributed by atoms with Crippen molar-refractivity contribution in [3.63, 3.8) is 0 Å². The third kappa shape index (κ3) is 2.51. The Balaban J connectivity index is 1.84. The highest BCUT2D eigenvalue weighted by Crippen LogP contribution is 2.53. The Kier molecular flexibility index (Phi) is 4.50. The van der Waals surface area contributed by atoms with Crippen molar-refractivity contribution in [2.45, 2.75) is 31.8 Å². The molecule has 4 atom stereocenters. The van der Waals surface area contributed by atoms with Crippen LogP contribution >= 0.6 is 0 Å². The van der Waals surface area contributed by atoms with Gasteiger partial charge in [0.25, 0.3) is 0 Å². The first-order chi connectivity index (χ1) is 13.3. The van der Waals surface area contributed by atoms with Crippen LogP contribution in [0.25, 0.3) is 0 Å². The molecular formula is C20H24FN3O4. The molecule has 3 aliphatic heterocycles. The van der Waals surface area contributed by atoms with Gasteiger partial charge < -0.3 is 10.1 Å². The van der Waals surface area contributed by atoms with Crippen LogP contribution in [0.1, 0.15) is 25.8 Å². The standard InChI is InChI=1S/C20H24FN3O4/c1-10(2)8-14-15-16(18(26)24(17(15)25)6-7-28-3)20(23-14)12-9-11(21)4-5-13(12)22-19(20)27/h4-5,9-10,14-16,23H,6-8H2,1-3H3,(H,22,27)/t14-,15-,16+,20-/m1/s1. The molecule has 0 radical (unpaired) electrons. The maximum absolute atomic E-state index is 14.0. The number of ether oxygens (including phenoxy) is 1. The summed E-state index contributed by atoms with van der Waals surface area (Å²) < 4.78 is 19.1. The molecule has 0 bridgehead atoms. The summed E-state index contributed by atoms with van der Waals surface area (Å²) in [5.74, 6) is -2.91. The van der Waals surface area contributed by atoms with Crippen molar-refractivity contribution in [2.24, 2.45) is 17.8 Å². The van der Waals surface area contributed by atoms with E-state index in [1.165, 1.54) is 30.2 Å². The summed E-state index contributed by atoms with van der Waals surface area (Å²) in [4.78, 5) is 40.7. The van der Waals surface area contributed by atoms with Crippen LogP contribution in [0.2, 0.25) is 0 Å². The van der Waals surface area contributed by atoms with E-state index in [-0.39, 0.29) is 31.0 Å². The fourth-order valence-electron chi connectivity index (χ4n) is 4.95. The number of benzene rings is 1. The predicted molar refractivity (Wildman–Crippen MR) is 98.7 cm³/mol. The molecule has 4 rings (SSSR count). The van der Waals surface area contributed by atoms with Gasteiger partial charge in [0.15, 0.2) is 0 Å². The van der Waals surface area contributed by atoms with E-state index in [0.29, 0.717) is 17.7 Å². The van der Waals surface area contributed by atoms with Crippen molar-refractivity contribution in [3.8, 4) is 0 Å². The molecule has 0 aliphatic carbocycles. The smallest absolute Gasteiger partial charge is 0.250 e. The van der Waals surface area contributed by atoms with Crippen LogP contribution in [0.3, 0.4) is 0 Å². The number of rotatable bonds is 5. The Hall–Kier alpha value is -2.32. The monoisotopic (exact) mass is 389 g/mol. The third-order valence-electron chi connectivity index (χ3n) is 6.01. The summed E-state index contributed by atoms with van der Waals surface area (Å²) in [5.41, 5.74) is -0.567. The van der Waals surface area contributed by atoms with Crippen LogP contribution < -0.4 is 10.6 Å². The normalized spacial score (nSPS) is 31.1. The summed E-state index contributed by atoms with van der Waals surface area (Å²) >= 11 is 0. The number of amides is 3. The van der Waals surface area contributed by atoms with Gasteiger partial charge in [-0.15, -0.1) is 0 Å². The molecular weight excluding hydrogens is 365 g/mol. The molecule has 8 heteroatoms. The van der Waals surface area contributed by atoms with Gasteiger partial charge in [0.1, 0.15) is 11.4 Å². The number of carbonyl (C=O) groups excluding carboxylic acids is 3. The van der Waals surface area contributed by atoms with Crippen LogP contribution in [-0.4, -0.2) is 48.9 Å². The first-order valence-corrected chi connectivity index (χ1v) is 9.54. The van der Waals surface area contributed by atoms with Gasteiger partial charge in [-0.05, 0) is 30.5 Å². The van der Waals surface area contributed by atoms with Gasteiger partial charge in [-0.1, -0.05) is 13.8 Å². The minimum atomic E-state index is -1.43. The van der Waals surface area contributed by atoms with Crippen molar-refractivity contribution >= 4 is 23.4 Å². The zero-order valence-corrected chi connectivity index (χ0v) is 16.1. The molecule has 3 heterocycles. The second-order valence-corrected chi connectivity index (χ2v) is 8.16. The van der Waals surface area contributed by atoms with Crippen molar-refractivity contribution in [1.29, 1.82) is 0 Å². The summed E-state index contributed by atoms with van der Waals surface area (Å²) in [6, 6.07) is 3.69. The zero-order valence-electron chi connectivity index (χ0n) is 16.1. The molecule has 3 aliphatic rings. The van der Waals surface area contributed by atoms with Crippen LogP contribution in [0, 0.1) is 23.6 Å². The minimum Gasteiger partial charge on any atom is -0.383 e. The highest BCUT2D eigenvalue weighted by Gasteiger charge is 2.70. The van der Waals surface area contributed by atoms with E-state index in [9.17, 15) is 18.8 Å². The lowest BCUT2D eigenvalue weighted by molar-refractivity contribution is -0.143. The predicted octanol–water partition coefficient (Wildman–Crippen LogP) is 1.24. The zero-order chi connectivity index (χ0) is 20.2. The van der Waals surface area contributed by atoms with Gasteiger partial charge in [-0.25, -0.2) is 4.39 Å². The maximum atomic E-state index is 14.0. The second-order valence-electron chi connectivity index (χ2n) is 8.16. The van der Waals surface area contributed by atoms with E-state index in [1.54, 1.807) is 0 Å². The van der Waals surface area contributed by atoms with Gasteiger partial charge in [0.2, 0.25) is 17.7 Å².